The van der Waals surface area contributed by atoms with Crippen LogP contribution in [0.3, 0.4) is 0 Å². The summed E-state index contributed by atoms with van der Waals surface area (Å²) in [6, 6.07) is 3.49. The number of halogens is 3. The molecule has 6 heteroatoms. The van der Waals surface area contributed by atoms with Gasteiger partial charge in [-0.25, -0.2) is 0 Å². The molecule has 1 aliphatic carbocycles. The number of carbonyl (C=O) groups is 1. The van der Waals surface area contributed by atoms with Crippen LogP contribution < -0.4 is 10.6 Å². The molecule has 110 valence electrons. The average molecular weight is 336 g/mol. The summed E-state index contributed by atoms with van der Waals surface area (Å²) in [5.74, 6) is -0.0426. The fraction of sp³-hybridized carbons (Fsp3) is 0.500. The summed E-state index contributed by atoms with van der Waals surface area (Å²) in [5, 5.41) is 7.28. The van der Waals surface area contributed by atoms with Crippen LogP contribution in [0.4, 0.5) is 5.69 Å². The monoisotopic (exact) mass is 334 g/mol. The van der Waals surface area contributed by atoms with Crippen LogP contribution in [-0.2, 0) is 4.79 Å². The van der Waals surface area contributed by atoms with E-state index in [9.17, 15) is 4.79 Å². The molecule has 1 aromatic rings. The summed E-state index contributed by atoms with van der Waals surface area (Å²) in [5.41, 5.74) is 0.538. The third-order valence-corrected chi connectivity index (χ3v) is 4.22. The van der Waals surface area contributed by atoms with Crippen LogP contribution in [0, 0.1) is 0 Å². The lowest BCUT2D eigenvalue weighted by molar-refractivity contribution is -0.120. The van der Waals surface area contributed by atoms with Crippen molar-refractivity contribution in [3.8, 4) is 0 Å². The molecule has 0 radical (unpaired) electrons. The second-order valence-electron chi connectivity index (χ2n) is 5.00. The summed E-state index contributed by atoms with van der Waals surface area (Å²) in [6.45, 7) is 0.150. The molecule has 0 unspecified atom stereocenters. The molecule has 3 nitrogen and oxygen atoms in total. The van der Waals surface area contributed by atoms with E-state index in [-0.39, 0.29) is 12.5 Å². The molecule has 0 aromatic heterocycles. The SMILES string of the molecule is O=C(CNc1c(Cl)cc(Cl)cc1Cl)NC1CCCCC1. The first kappa shape index (κ1) is 15.7. The molecule has 0 spiro atoms. The van der Waals surface area contributed by atoms with Crippen LogP contribution in [0.15, 0.2) is 12.1 Å². The molecular weight excluding hydrogens is 319 g/mol. The Morgan fingerprint density at radius 2 is 1.70 bits per heavy atom. The maximum Gasteiger partial charge on any atom is 0.239 e. The quantitative estimate of drug-likeness (QED) is 0.850. The number of amides is 1. The van der Waals surface area contributed by atoms with Crippen molar-refractivity contribution in [1.82, 2.24) is 5.32 Å². The third kappa shape index (κ3) is 4.44. The van der Waals surface area contributed by atoms with E-state index in [4.69, 9.17) is 34.8 Å². The van der Waals surface area contributed by atoms with Crippen LogP contribution in [0.2, 0.25) is 15.1 Å². The Bertz CT molecular complexity index is 464. The van der Waals surface area contributed by atoms with E-state index in [1.165, 1.54) is 19.3 Å². The predicted molar refractivity (Wildman–Crippen MR) is 85.0 cm³/mol. The smallest absolute Gasteiger partial charge is 0.239 e. The molecule has 1 saturated carbocycles. The van der Waals surface area contributed by atoms with E-state index in [2.05, 4.69) is 10.6 Å². The third-order valence-electron chi connectivity index (χ3n) is 3.40. The highest BCUT2D eigenvalue weighted by molar-refractivity contribution is 6.41. The molecule has 0 bridgehead atoms. The lowest BCUT2D eigenvalue weighted by atomic mass is 9.95. The molecule has 20 heavy (non-hydrogen) atoms. The minimum atomic E-state index is -0.0426. The first-order valence-corrected chi connectivity index (χ1v) is 7.87. The standard InChI is InChI=1S/C14H17Cl3N2O/c15-9-6-11(16)14(12(17)7-9)18-8-13(20)19-10-4-2-1-3-5-10/h6-7,10,18H,1-5,8H2,(H,19,20). The van der Waals surface area contributed by atoms with Gasteiger partial charge < -0.3 is 10.6 Å². The average Bonchev–Trinajstić information content (AvgIpc) is 2.38. The number of nitrogens with one attached hydrogen (secondary N) is 2. The van der Waals surface area contributed by atoms with Gasteiger partial charge in [-0.1, -0.05) is 54.1 Å². The molecule has 0 heterocycles. The van der Waals surface area contributed by atoms with Crippen molar-refractivity contribution in [2.75, 3.05) is 11.9 Å². The fourth-order valence-corrected chi connectivity index (χ4v) is 3.36. The van der Waals surface area contributed by atoms with Crippen molar-refractivity contribution in [2.45, 2.75) is 38.1 Å². The molecule has 1 fully saturated rings. The van der Waals surface area contributed by atoms with Crippen molar-refractivity contribution >= 4 is 46.4 Å². The normalized spacial score (nSPS) is 15.9. The molecule has 1 aromatic carbocycles. The first-order valence-electron chi connectivity index (χ1n) is 6.74. The van der Waals surface area contributed by atoms with E-state index in [0.717, 1.165) is 12.8 Å². The van der Waals surface area contributed by atoms with Gasteiger partial charge in [0, 0.05) is 11.1 Å². The molecule has 1 aliphatic rings. The largest absolute Gasteiger partial charge is 0.374 e. The zero-order valence-electron chi connectivity index (χ0n) is 11.0. The van der Waals surface area contributed by atoms with Gasteiger partial charge >= 0.3 is 0 Å². The lowest BCUT2D eigenvalue weighted by Crippen LogP contribution is -2.39. The van der Waals surface area contributed by atoms with Crippen molar-refractivity contribution in [2.24, 2.45) is 0 Å². The van der Waals surface area contributed by atoms with Gasteiger partial charge in [0.15, 0.2) is 0 Å². The Kier molecular flexibility index (Phi) is 5.82. The van der Waals surface area contributed by atoms with Crippen LogP contribution in [0.25, 0.3) is 0 Å². The number of anilines is 1. The second kappa shape index (κ2) is 7.39. The highest BCUT2D eigenvalue weighted by Crippen LogP contribution is 2.33. The Balaban J connectivity index is 1.87. The lowest BCUT2D eigenvalue weighted by Gasteiger charge is -2.23. The molecule has 2 rings (SSSR count). The van der Waals surface area contributed by atoms with E-state index >= 15 is 0 Å². The van der Waals surface area contributed by atoms with E-state index < -0.39 is 0 Å². The summed E-state index contributed by atoms with van der Waals surface area (Å²) >= 11 is 17.9. The number of hydrogen-bond acceptors (Lipinski definition) is 2. The van der Waals surface area contributed by atoms with Crippen LogP contribution in [-0.4, -0.2) is 18.5 Å². The highest BCUT2D eigenvalue weighted by atomic mass is 35.5. The van der Waals surface area contributed by atoms with Gasteiger partial charge in [-0.05, 0) is 25.0 Å². The van der Waals surface area contributed by atoms with Crippen LogP contribution in [0.5, 0.6) is 0 Å². The molecular formula is C14H17Cl3N2O. The van der Waals surface area contributed by atoms with Gasteiger partial charge in [-0.15, -0.1) is 0 Å². The van der Waals surface area contributed by atoms with Gasteiger partial charge in [0.1, 0.15) is 0 Å². The number of rotatable bonds is 4. The van der Waals surface area contributed by atoms with Crippen molar-refractivity contribution in [1.29, 1.82) is 0 Å². The van der Waals surface area contributed by atoms with Gasteiger partial charge in [0.25, 0.3) is 0 Å². The van der Waals surface area contributed by atoms with Crippen molar-refractivity contribution < 1.29 is 4.79 Å². The van der Waals surface area contributed by atoms with Crippen LogP contribution >= 0.6 is 34.8 Å². The first-order chi connectivity index (χ1) is 9.56. The van der Waals surface area contributed by atoms with E-state index in [1.807, 2.05) is 0 Å². The van der Waals surface area contributed by atoms with Crippen LogP contribution in [0.1, 0.15) is 32.1 Å². The van der Waals surface area contributed by atoms with Gasteiger partial charge in [-0.3, -0.25) is 4.79 Å². The molecule has 2 N–H and O–H groups in total. The van der Waals surface area contributed by atoms with Gasteiger partial charge in [-0.2, -0.15) is 0 Å². The number of hydrogen-bond donors (Lipinski definition) is 2. The Morgan fingerprint density at radius 1 is 1.10 bits per heavy atom. The molecule has 1 amide bonds. The summed E-state index contributed by atoms with van der Waals surface area (Å²) in [4.78, 5) is 11.9. The molecule has 0 saturated heterocycles. The summed E-state index contributed by atoms with van der Waals surface area (Å²) < 4.78 is 0. The Hall–Kier alpha value is -0.640. The minimum Gasteiger partial charge on any atom is -0.374 e. The molecule has 0 aliphatic heterocycles. The van der Waals surface area contributed by atoms with E-state index in [0.29, 0.717) is 26.8 Å². The summed E-state index contributed by atoms with van der Waals surface area (Å²) in [6.07, 6.45) is 5.77. The summed E-state index contributed by atoms with van der Waals surface area (Å²) in [7, 11) is 0. The maximum absolute atomic E-state index is 11.9. The Morgan fingerprint density at radius 3 is 2.30 bits per heavy atom. The van der Waals surface area contributed by atoms with Gasteiger partial charge in [0.2, 0.25) is 5.91 Å². The number of benzene rings is 1. The highest BCUT2D eigenvalue weighted by Gasteiger charge is 2.16. The number of carbonyl (C=O) groups excluding carboxylic acids is 1. The second-order valence-corrected chi connectivity index (χ2v) is 6.25. The predicted octanol–water partition coefficient (Wildman–Crippen LogP) is 4.51. The Labute approximate surface area is 134 Å². The van der Waals surface area contributed by atoms with E-state index in [1.54, 1.807) is 12.1 Å². The molecule has 0 atom stereocenters. The zero-order valence-corrected chi connectivity index (χ0v) is 13.3. The van der Waals surface area contributed by atoms with Crippen molar-refractivity contribution in [3.63, 3.8) is 0 Å². The van der Waals surface area contributed by atoms with Crippen molar-refractivity contribution in [3.05, 3.63) is 27.2 Å². The fourth-order valence-electron chi connectivity index (χ4n) is 2.41. The minimum absolute atomic E-state index is 0.0426. The van der Waals surface area contributed by atoms with Gasteiger partial charge in [0.05, 0.1) is 22.3 Å². The maximum atomic E-state index is 11.9. The topological polar surface area (TPSA) is 41.1 Å². The zero-order chi connectivity index (χ0) is 14.5.